The van der Waals surface area contributed by atoms with Gasteiger partial charge in [0.1, 0.15) is 0 Å². The first-order valence-electron chi connectivity index (χ1n) is 7.78. The molecule has 4 heteroatoms. The summed E-state index contributed by atoms with van der Waals surface area (Å²) in [6.45, 7) is -0.0372. The molecule has 1 spiro atoms. The fourth-order valence-electron chi connectivity index (χ4n) is 4.08. The molecule has 3 rings (SSSR count). The van der Waals surface area contributed by atoms with Gasteiger partial charge in [-0.3, -0.25) is 4.79 Å². The first-order chi connectivity index (χ1) is 10.2. The first-order valence-corrected chi connectivity index (χ1v) is 8.22. The van der Waals surface area contributed by atoms with Crippen LogP contribution in [0.3, 0.4) is 0 Å². The molecule has 3 atom stereocenters. The number of halogens is 1. The summed E-state index contributed by atoms with van der Waals surface area (Å²) in [4.78, 5) is 14.5. The van der Waals surface area contributed by atoms with E-state index in [4.69, 9.17) is 11.6 Å². The highest BCUT2D eigenvalue weighted by molar-refractivity contribution is 6.20. The van der Waals surface area contributed by atoms with E-state index in [1.54, 1.807) is 0 Å². The Morgan fingerprint density at radius 3 is 2.76 bits per heavy atom. The van der Waals surface area contributed by atoms with Gasteiger partial charge in [0.25, 0.3) is 0 Å². The van der Waals surface area contributed by atoms with E-state index in [-0.39, 0.29) is 29.5 Å². The molecular weight excluding hydrogens is 286 g/mol. The van der Waals surface area contributed by atoms with E-state index in [1.807, 2.05) is 35.2 Å². The zero-order chi connectivity index (χ0) is 14.9. The number of nitrogens with zero attached hydrogens (tertiary/aromatic N) is 1. The Morgan fingerprint density at radius 1 is 1.33 bits per heavy atom. The number of carbonyl (C=O) groups is 1. The Balaban J connectivity index is 1.94. The van der Waals surface area contributed by atoms with Crippen LogP contribution in [-0.2, 0) is 4.79 Å². The molecule has 1 aliphatic heterocycles. The largest absolute Gasteiger partial charge is 0.394 e. The van der Waals surface area contributed by atoms with Crippen LogP contribution < -0.4 is 0 Å². The van der Waals surface area contributed by atoms with Gasteiger partial charge in [-0.2, -0.15) is 0 Å². The summed E-state index contributed by atoms with van der Waals surface area (Å²) in [7, 11) is 0. The molecule has 1 aliphatic carbocycles. The third kappa shape index (κ3) is 2.69. The highest BCUT2D eigenvalue weighted by Gasteiger charge is 2.50. The zero-order valence-electron chi connectivity index (χ0n) is 12.2. The fraction of sp³-hybridized carbons (Fsp3) is 0.588. The molecule has 0 unspecified atom stereocenters. The summed E-state index contributed by atoms with van der Waals surface area (Å²) in [5, 5.41) is 10.1. The lowest BCUT2D eigenvalue weighted by atomic mass is 9.78. The van der Waals surface area contributed by atoms with Crippen LogP contribution in [-0.4, -0.2) is 33.4 Å². The monoisotopic (exact) mass is 307 g/mol. The third-order valence-corrected chi connectivity index (χ3v) is 5.39. The number of hydrogen-bond acceptors (Lipinski definition) is 2. The number of carbonyl (C=O) groups excluding carboxylic acids is 1. The van der Waals surface area contributed by atoms with Crippen molar-refractivity contribution < 1.29 is 9.90 Å². The van der Waals surface area contributed by atoms with Crippen molar-refractivity contribution >= 4 is 17.5 Å². The van der Waals surface area contributed by atoms with Crippen LogP contribution in [0.25, 0.3) is 0 Å². The smallest absolute Gasteiger partial charge is 0.223 e. The molecule has 1 amide bonds. The predicted molar refractivity (Wildman–Crippen MR) is 83.2 cm³/mol. The highest BCUT2D eigenvalue weighted by atomic mass is 35.5. The lowest BCUT2D eigenvalue weighted by molar-refractivity contribution is -0.136. The van der Waals surface area contributed by atoms with Gasteiger partial charge >= 0.3 is 0 Å². The predicted octanol–water partition coefficient (Wildman–Crippen LogP) is 3.26. The standard InChI is InChI=1S/C17H22ClNO2/c18-14-7-4-9-17(11-14)10-8-16(21)19(17)15(12-20)13-5-2-1-3-6-13/h1-3,5-6,14-15,20H,4,7-12H2/t14-,15-,17-/m0/s1. The maximum Gasteiger partial charge on any atom is 0.223 e. The van der Waals surface area contributed by atoms with Crippen molar-refractivity contribution in [2.45, 2.75) is 55.5 Å². The minimum atomic E-state index is -0.247. The lowest BCUT2D eigenvalue weighted by Gasteiger charge is -2.46. The van der Waals surface area contributed by atoms with Crippen molar-refractivity contribution in [3.05, 3.63) is 35.9 Å². The van der Waals surface area contributed by atoms with Crippen LogP contribution in [0.15, 0.2) is 30.3 Å². The van der Waals surface area contributed by atoms with Gasteiger partial charge in [0.05, 0.1) is 12.6 Å². The minimum Gasteiger partial charge on any atom is -0.394 e. The number of hydrogen-bond donors (Lipinski definition) is 1. The average molecular weight is 308 g/mol. The second-order valence-corrected chi connectivity index (χ2v) is 6.91. The number of alkyl halides is 1. The SMILES string of the molecule is O=C1CC[C@]2(CCC[C@H](Cl)C2)N1[C@@H](CO)c1ccccc1. The lowest BCUT2D eigenvalue weighted by Crippen LogP contribution is -2.51. The van der Waals surface area contributed by atoms with Gasteiger partial charge in [0, 0.05) is 17.3 Å². The molecule has 114 valence electrons. The van der Waals surface area contributed by atoms with Gasteiger partial charge in [0.15, 0.2) is 0 Å². The minimum absolute atomic E-state index is 0.0372. The van der Waals surface area contributed by atoms with E-state index >= 15 is 0 Å². The summed E-state index contributed by atoms with van der Waals surface area (Å²) in [6.07, 6.45) is 5.39. The molecule has 1 aromatic rings. The Hall–Kier alpha value is -1.06. The quantitative estimate of drug-likeness (QED) is 0.871. The van der Waals surface area contributed by atoms with Gasteiger partial charge in [-0.25, -0.2) is 0 Å². The molecule has 0 bridgehead atoms. The van der Waals surface area contributed by atoms with E-state index in [0.29, 0.717) is 6.42 Å². The molecule has 3 nitrogen and oxygen atoms in total. The number of likely N-dealkylation sites (tertiary alicyclic amines) is 1. The van der Waals surface area contributed by atoms with Gasteiger partial charge in [0.2, 0.25) is 5.91 Å². The molecule has 1 heterocycles. The Bertz CT molecular complexity index is 507. The number of benzene rings is 1. The van der Waals surface area contributed by atoms with Crippen LogP contribution >= 0.6 is 11.6 Å². The Kier molecular flexibility index (Phi) is 4.23. The second-order valence-electron chi connectivity index (χ2n) is 6.29. The number of aliphatic hydroxyl groups is 1. The van der Waals surface area contributed by atoms with Crippen molar-refractivity contribution in [1.29, 1.82) is 0 Å². The second kappa shape index (κ2) is 5.98. The van der Waals surface area contributed by atoms with E-state index in [9.17, 15) is 9.90 Å². The molecule has 1 saturated heterocycles. The van der Waals surface area contributed by atoms with E-state index < -0.39 is 0 Å². The molecule has 2 aliphatic rings. The first kappa shape index (κ1) is 14.9. The third-order valence-electron chi connectivity index (χ3n) is 5.01. The van der Waals surface area contributed by atoms with Gasteiger partial charge in [-0.15, -0.1) is 11.6 Å². The molecule has 1 saturated carbocycles. The van der Waals surface area contributed by atoms with Crippen LogP contribution in [0.5, 0.6) is 0 Å². The summed E-state index contributed by atoms with van der Waals surface area (Å²) in [6, 6.07) is 9.59. The van der Waals surface area contributed by atoms with Gasteiger partial charge in [-0.05, 0) is 37.7 Å². The summed E-state index contributed by atoms with van der Waals surface area (Å²) in [5.74, 6) is 0.156. The normalized spacial score (nSPS) is 30.9. The van der Waals surface area contributed by atoms with Gasteiger partial charge in [-0.1, -0.05) is 30.3 Å². The highest BCUT2D eigenvalue weighted by Crippen LogP contribution is 2.47. The zero-order valence-corrected chi connectivity index (χ0v) is 12.9. The van der Waals surface area contributed by atoms with Crippen molar-refractivity contribution in [2.75, 3.05) is 6.61 Å². The van der Waals surface area contributed by atoms with Crippen LogP contribution in [0, 0.1) is 0 Å². The maximum atomic E-state index is 12.5. The van der Waals surface area contributed by atoms with Crippen molar-refractivity contribution in [3.8, 4) is 0 Å². The Morgan fingerprint density at radius 2 is 2.10 bits per heavy atom. The molecule has 2 fully saturated rings. The number of aliphatic hydroxyl groups excluding tert-OH is 1. The maximum absolute atomic E-state index is 12.5. The average Bonchev–Trinajstić information content (AvgIpc) is 2.79. The molecule has 21 heavy (non-hydrogen) atoms. The molecule has 0 aromatic heterocycles. The van der Waals surface area contributed by atoms with Crippen molar-refractivity contribution in [1.82, 2.24) is 4.90 Å². The van der Waals surface area contributed by atoms with E-state index in [1.165, 1.54) is 0 Å². The van der Waals surface area contributed by atoms with Crippen molar-refractivity contribution in [2.24, 2.45) is 0 Å². The molecule has 0 radical (unpaired) electrons. The van der Waals surface area contributed by atoms with Crippen LogP contribution in [0.4, 0.5) is 0 Å². The van der Waals surface area contributed by atoms with Crippen LogP contribution in [0.2, 0.25) is 0 Å². The number of amides is 1. The summed E-state index contributed by atoms with van der Waals surface area (Å²) >= 11 is 6.39. The summed E-state index contributed by atoms with van der Waals surface area (Å²) in [5.41, 5.74) is 0.858. The fourth-order valence-corrected chi connectivity index (χ4v) is 4.52. The van der Waals surface area contributed by atoms with Gasteiger partial charge < -0.3 is 10.0 Å². The van der Waals surface area contributed by atoms with Crippen LogP contribution in [0.1, 0.15) is 50.1 Å². The topological polar surface area (TPSA) is 40.5 Å². The Labute approximate surface area is 130 Å². The van der Waals surface area contributed by atoms with E-state index in [0.717, 1.165) is 37.7 Å². The summed E-state index contributed by atoms with van der Waals surface area (Å²) < 4.78 is 0. The molecular formula is C17H22ClNO2. The molecule has 1 aromatic carbocycles. The number of rotatable bonds is 3. The van der Waals surface area contributed by atoms with Crippen molar-refractivity contribution in [3.63, 3.8) is 0 Å². The van der Waals surface area contributed by atoms with E-state index in [2.05, 4.69) is 0 Å². The molecule has 1 N–H and O–H groups in total.